The van der Waals surface area contributed by atoms with Gasteiger partial charge in [0.15, 0.2) is 0 Å². The Balaban J connectivity index is 2.49. The van der Waals surface area contributed by atoms with Crippen molar-refractivity contribution in [1.82, 2.24) is 0 Å². The summed E-state index contributed by atoms with van der Waals surface area (Å²) < 4.78 is 5.47. The van der Waals surface area contributed by atoms with Crippen molar-refractivity contribution in [2.45, 2.75) is 38.5 Å². The number of thioether (sulfide) groups is 1. The predicted molar refractivity (Wildman–Crippen MR) is 81.4 cm³/mol. The summed E-state index contributed by atoms with van der Waals surface area (Å²) in [6.45, 7) is 6.57. The van der Waals surface area contributed by atoms with Gasteiger partial charge in [0.25, 0.3) is 0 Å². The minimum atomic E-state index is -0.237. The number of ether oxygens (including phenoxy) is 1. The predicted octanol–water partition coefficient (Wildman–Crippen LogP) is 4.09. The maximum atomic E-state index is 8.96. The van der Waals surface area contributed by atoms with Crippen LogP contribution in [0.25, 0.3) is 0 Å². The summed E-state index contributed by atoms with van der Waals surface area (Å²) in [5.41, 5.74) is 6.50. The molecule has 0 radical (unpaired) electrons. The largest absolute Gasteiger partial charge is 0.494 e. The topological polar surface area (TPSA) is 59.0 Å². The third-order valence-electron chi connectivity index (χ3n) is 2.80. The molecule has 104 valence electrons. The lowest BCUT2D eigenvalue weighted by molar-refractivity contribution is 0.339. The summed E-state index contributed by atoms with van der Waals surface area (Å²) >= 11 is 1.72. The Kier molecular flexibility index (Phi) is 6.04. The number of nitriles is 1. The average molecular weight is 278 g/mol. The van der Waals surface area contributed by atoms with Gasteiger partial charge in [0, 0.05) is 10.6 Å². The van der Waals surface area contributed by atoms with Crippen molar-refractivity contribution in [3.63, 3.8) is 0 Å². The Morgan fingerprint density at radius 1 is 1.42 bits per heavy atom. The van der Waals surface area contributed by atoms with E-state index < -0.39 is 0 Å². The second kappa shape index (κ2) is 7.30. The molecule has 0 saturated carbocycles. The average Bonchev–Trinajstić information content (AvgIpc) is 2.38. The summed E-state index contributed by atoms with van der Waals surface area (Å²) in [6, 6.07) is 8.08. The van der Waals surface area contributed by atoms with Gasteiger partial charge in [0.1, 0.15) is 5.75 Å². The van der Waals surface area contributed by atoms with E-state index in [0.717, 1.165) is 34.9 Å². The Hall–Kier alpha value is -1.34. The molecule has 0 heterocycles. The zero-order valence-electron chi connectivity index (χ0n) is 11.9. The normalized spacial score (nSPS) is 11.1. The minimum Gasteiger partial charge on any atom is -0.494 e. The van der Waals surface area contributed by atoms with E-state index in [4.69, 9.17) is 15.7 Å². The molecule has 1 rings (SSSR count). The Morgan fingerprint density at radius 2 is 2.16 bits per heavy atom. The molecule has 2 N–H and O–H groups in total. The van der Waals surface area contributed by atoms with Gasteiger partial charge in [0.05, 0.1) is 18.1 Å². The highest BCUT2D eigenvalue weighted by molar-refractivity contribution is 7.99. The van der Waals surface area contributed by atoms with E-state index in [0.29, 0.717) is 6.61 Å². The SMILES string of the molecule is CCOc1ccc(N)c(SCCCC(C)(C)C#N)c1. The van der Waals surface area contributed by atoms with E-state index in [1.165, 1.54) is 0 Å². The molecule has 0 aromatic heterocycles. The first-order chi connectivity index (χ1) is 8.98. The molecule has 0 aliphatic carbocycles. The van der Waals surface area contributed by atoms with Crippen LogP contribution in [0.5, 0.6) is 5.75 Å². The van der Waals surface area contributed by atoms with E-state index in [9.17, 15) is 0 Å². The van der Waals surface area contributed by atoms with E-state index in [1.54, 1.807) is 11.8 Å². The molecular formula is C15H22N2OS. The summed E-state index contributed by atoms with van der Waals surface area (Å²) in [5.74, 6) is 1.82. The van der Waals surface area contributed by atoms with Crippen molar-refractivity contribution in [3.05, 3.63) is 18.2 Å². The first-order valence-electron chi connectivity index (χ1n) is 6.55. The van der Waals surface area contributed by atoms with Gasteiger partial charge in [-0.05, 0) is 57.6 Å². The zero-order chi connectivity index (χ0) is 14.3. The zero-order valence-corrected chi connectivity index (χ0v) is 12.7. The smallest absolute Gasteiger partial charge is 0.120 e. The maximum absolute atomic E-state index is 8.96. The van der Waals surface area contributed by atoms with Crippen LogP contribution >= 0.6 is 11.8 Å². The van der Waals surface area contributed by atoms with Crippen molar-refractivity contribution in [1.29, 1.82) is 5.26 Å². The Morgan fingerprint density at radius 3 is 2.79 bits per heavy atom. The summed E-state index contributed by atoms with van der Waals surface area (Å²) in [7, 11) is 0. The van der Waals surface area contributed by atoms with Gasteiger partial charge in [0.2, 0.25) is 0 Å². The Labute approximate surface area is 120 Å². The van der Waals surface area contributed by atoms with Crippen molar-refractivity contribution < 1.29 is 4.74 Å². The van der Waals surface area contributed by atoms with Crippen LogP contribution < -0.4 is 10.5 Å². The second-order valence-electron chi connectivity index (χ2n) is 5.08. The van der Waals surface area contributed by atoms with Gasteiger partial charge in [-0.15, -0.1) is 11.8 Å². The van der Waals surface area contributed by atoms with Crippen LogP contribution in [0.15, 0.2) is 23.1 Å². The van der Waals surface area contributed by atoms with E-state index in [2.05, 4.69) is 6.07 Å². The van der Waals surface area contributed by atoms with Crippen LogP contribution in [-0.2, 0) is 0 Å². The molecule has 1 aromatic carbocycles. The molecule has 0 saturated heterocycles. The van der Waals surface area contributed by atoms with Crippen LogP contribution in [0.3, 0.4) is 0 Å². The van der Waals surface area contributed by atoms with Crippen molar-refractivity contribution in [2.75, 3.05) is 18.1 Å². The van der Waals surface area contributed by atoms with Crippen LogP contribution in [0, 0.1) is 16.7 Å². The number of hydrogen-bond acceptors (Lipinski definition) is 4. The fraction of sp³-hybridized carbons (Fsp3) is 0.533. The quantitative estimate of drug-likeness (QED) is 0.463. The van der Waals surface area contributed by atoms with E-state index in [1.807, 2.05) is 39.0 Å². The third kappa shape index (κ3) is 5.44. The molecular weight excluding hydrogens is 256 g/mol. The Bertz CT molecular complexity index is 452. The number of benzene rings is 1. The first kappa shape index (κ1) is 15.7. The molecule has 0 bridgehead atoms. The molecule has 19 heavy (non-hydrogen) atoms. The van der Waals surface area contributed by atoms with E-state index >= 15 is 0 Å². The van der Waals surface area contributed by atoms with Crippen LogP contribution in [0.1, 0.15) is 33.6 Å². The maximum Gasteiger partial charge on any atom is 0.120 e. The van der Waals surface area contributed by atoms with E-state index in [-0.39, 0.29) is 5.41 Å². The molecule has 0 aliphatic rings. The van der Waals surface area contributed by atoms with Crippen LogP contribution in [-0.4, -0.2) is 12.4 Å². The molecule has 0 spiro atoms. The lowest BCUT2D eigenvalue weighted by Crippen LogP contribution is -2.07. The van der Waals surface area contributed by atoms with Crippen LogP contribution in [0.4, 0.5) is 5.69 Å². The fourth-order valence-electron chi connectivity index (χ4n) is 1.65. The minimum absolute atomic E-state index is 0.237. The highest BCUT2D eigenvalue weighted by Gasteiger charge is 2.15. The highest BCUT2D eigenvalue weighted by atomic mass is 32.2. The highest BCUT2D eigenvalue weighted by Crippen LogP contribution is 2.31. The second-order valence-corrected chi connectivity index (χ2v) is 6.22. The third-order valence-corrected chi connectivity index (χ3v) is 3.96. The number of hydrogen-bond donors (Lipinski definition) is 1. The summed E-state index contributed by atoms with van der Waals surface area (Å²) in [4.78, 5) is 1.06. The van der Waals surface area contributed by atoms with Gasteiger partial charge < -0.3 is 10.5 Å². The molecule has 0 atom stereocenters. The van der Waals surface area contributed by atoms with Gasteiger partial charge in [-0.2, -0.15) is 5.26 Å². The molecule has 0 fully saturated rings. The molecule has 1 aromatic rings. The number of nitrogen functional groups attached to an aromatic ring is 1. The first-order valence-corrected chi connectivity index (χ1v) is 7.53. The van der Waals surface area contributed by atoms with Gasteiger partial charge in [-0.1, -0.05) is 0 Å². The van der Waals surface area contributed by atoms with Gasteiger partial charge in [-0.25, -0.2) is 0 Å². The summed E-state index contributed by atoms with van der Waals surface area (Å²) in [5, 5.41) is 8.96. The lowest BCUT2D eigenvalue weighted by atomic mass is 9.90. The molecule has 3 nitrogen and oxygen atoms in total. The fourth-order valence-corrected chi connectivity index (χ4v) is 2.59. The molecule has 0 unspecified atom stereocenters. The molecule has 0 aliphatic heterocycles. The van der Waals surface area contributed by atoms with Crippen LogP contribution in [0.2, 0.25) is 0 Å². The number of nitrogens with zero attached hydrogens (tertiary/aromatic N) is 1. The molecule has 4 heteroatoms. The number of rotatable bonds is 7. The number of nitrogens with two attached hydrogens (primary N) is 1. The number of anilines is 1. The standard InChI is InChI=1S/C15H22N2OS/c1-4-18-12-6-7-13(17)14(10-12)19-9-5-8-15(2,3)11-16/h6-7,10H,4-5,8-9,17H2,1-3H3. The molecule has 0 amide bonds. The van der Waals surface area contributed by atoms with Crippen molar-refractivity contribution >= 4 is 17.4 Å². The summed E-state index contributed by atoms with van der Waals surface area (Å²) in [6.07, 6.45) is 1.91. The van der Waals surface area contributed by atoms with Gasteiger partial charge in [-0.3, -0.25) is 0 Å². The van der Waals surface area contributed by atoms with Crippen molar-refractivity contribution in [3.8, 4) is 11.8 Å². The monoisotopic (exact) mass is 278 g/mol. The lowest BCUT2D eigenvalue weighted by Gasteiger charge is -2.14. The van der Waals surface area contributed by atoms with Gasteiger partial charge >= 0.3 is 0 Å². The van der Waals surface area contributed by atoms with Crippen molar-refractivity contribution in [2.24, 2.45) is 5.41 Å².